The lowest BCUT2D eigenvalue weighted by Gasteiger charge is -2.21. The van der Waals surface area contributed by atoms with Crippen molar-refractivity contribution in [2.24, 2.45) is 5.92 Å². The molecule has 6 atom stereocenters. The molecule has 1 aliphatic heterocycles. The molecule has 1 aliphatic rings. The maximum absolute atomic E-state index is 13.9. The Labute approximate surface area is 471 Å². The first-order valence-electron chi connectivity index (χ1n) is 31.7. The number of aromatic nitrogens is 3. The number of aliphatic hydroxyl groups is 3. The van der Waals surface area contributed by atoms with Gasteiger partial charge in [0, 0.05) is 25.0 Å². The minimum Gasteiger partial charge on any atom is -0.481 e. The predicted octanol–water partition coefficient (Wildman–Crippen LogP) is 14.4. The summed E-state index contributed by atoms with van der Waals surface area (Å²) in [5, 5.41) is 62.0. The van der Waals surface area contributed by atoms with E-state index in [1.54, 1.807) is 11.8 Å². The second-order valence-corrected chi connectivity index (χ2v) is 23.8. The third-order valence-corrected chi connectivity index (χ3v) is 16.9. The van der Waals surface area contributed by atoms with Crippen LogP contribution < -0.4 is 10.6 Å². The van der Waals surface area contributed by atoms with Gasteiger partial charge in [0.25, 0.3) is 0 Å². The Morgan fingerprint density at radius 3 is 1.30 bits per heavy atom. The fraction of sp³-hybridized carbons (Fsp3) is 0.902. The number of ether oxygens (including phenoxy) is 1. The molecule has 2 amide bonds. The lowest BCUT2D eigenvalue weighted by molar-refractivity contribution is -0.138. The van der Waals surface area contributed by atoms with Crippen LogP contribution in [-0.4, -0.2) is 107 Å². The molecule has 15 nitrogen and oxygen atoms in total. The highest BCUT2D eigenvalue weighted by molar-refractivity contribution is 7.99. The van der Waals surface area contributed by atoms with Crippen LogP contribution in [-0.2, 0) is 23.9 Å². The number of carbonyl (C=O) groups excluding carboxylic acids is 2. The van der Waals surface area contributed by atoms with Crippen molar-refractivity contribution < 1.29 is 49.4 Å². The van der Waals surface area contributed by atoms with Gasteiger partial charge in [-0.3, -0.25) is 19.2 Å². The van der Waals surface area contributed by atoms with Gasteiger partial charge in [-0.15, -0.1) is 5.10 Å². The van der Waals surface area contributed by atoms with Gasteiger partial charge in [-0.1, -0.05) is 250 Å². The number of thioether (sulfide) groups is 1. The third kappa shape index (κ3) is 38.5. The first-order valence-corrected chi connectivity index (χ1v) is 32.9. The number of aliphatic carboxylic acids is 2. The Hall–Kier alpha value is -2.79. The zero-order valence-corrected chi connectivity index (χ0v) is 49.3. The summed E-state index contributed by atoms with van der Waals surface area (Å²) in [5.74, 6) is 0.0961. The van der Waals surface area contributed by atoms with E-state index in [-0.39, 0.29) is 24.1 Å². The normalized spacial score (nSPS) is 17.2. The summed E-state index contributed by atoms with van der Waals surface area (Å²) in [5.41, 5.74) is 0. The fourth-order valence-electron chi connectivity index (χ4n) is 10.7. The van der Waals surface area contributed by atoms with Crippen molar-refractivity contribution in [3.63, 3.8) is 0 Å². The standard InChI is InChI=1S/C61H113N5O10S/c1-2-3-4-5-6-7-8-12-19-24-29-34-39-44-55(68)62-52(60(75)63-54-47-66(65-64-54)61-59(74)58(73)53(48-67)76-61)50-77-49-51(43-38-33-28-23-18-14-11-16-21-26-31-36-41-46-57(71)72)42-37-32-27-22-17-13-9-10-15-20-25-30-35-40-45-56(69)70/h47,51-53,58-59,61,67,73-74H,2-46,48-50H2,1H3,(H,62,68)(H,63,75)(H,69,70)(H,71,72)/t51-,52-,53?,58-,59-,61+/m1/s1. The molecule has 0 bridgehead atoms. The average Bonchev–Trinajstić information content (AvgIpc) is 3.99. The highest BCUT2D eigenvalue weighted by Crippen LogP contribution is 2.30. The molecule has 0 radical (unpaired) electrons. The minimum absolute atomic E-state index is 0.131. The summed E-state index contributed by atoms with van der Waals surface area (Å²) in [4.78, 5) is 48.8. The number of unbranched alkanes of at least 4 members (excludes halogenated alkanes) is 37. The van der Waals surface area contributed by atoms with Gasteiger partial charge in [0.1, 0.15) is 24.4 Å². The molecule has 0 aliphatic carbocycles. The molecule has 2 heterocycles. The molecule has 0 aromatic carbocycles. The summed E-state index contributed by atoms with van der Waals surface area (Å²) in [6.45, 7) is 1.78. The molecule has 77 heavy (non-hydrogen) atoms. The molecule has 16 heteroatoms. The zero-order chi connectivity index (χ0) is 55.8. The maximum atomic E-state index is 13.9. The number of anilines is 1. The van der Waals surface area contributed by atoms with E-state index < -0.39 is 49.1 Å². The second-order valence-electron chi connectivity index (χ2n) is 22.7. The van der Waals surface area contributed by atoms with E-state index in [2.05, 4.69) is 27.9 Å². The summed E-state index contributed by atoms with van der Waals surface area (Å²) in [6, 6.07) is -0.784. The van der Waals surface area contributed by atoms with Crippen LogP contribution in [0.5, 0.6) is 0 Å². The molecule has 7 N–H and O–H groups in total. The van der Waals surface area contributed by atoms with Crippen molar-refractivity contribution in [2.45, 2.75) is 326 Å². The number of carboxylic acid groups (broad SMARTS) is 2. The van der Waals surface area contributed by atoms with Crippen molar-refractivity contribution >= 4 is 41.3 Å². The van der Waals surface area contributed by atoms with Crippen LogP contribution in [0.15, 0.2) is 6.20 Å². The van der Waals surface area contributed by atoms with Crippen molar-refractivity contribution in [3.8, 4) is 0 Å². The molecule has 1 aromatic rings. The predicted molar refractivity (Wildman–Crippen MR) is 313 cm³/mol. The quantitative estimate of drug-likeness (QED) is 0.0301. The van der Waals surface area contributed by atoms with Crippen molar-refractivity contribution in [3.05, 3.63) is 6.20 Å². The van der Waals surface area contributed by atoms with Crippen LogP contribution in [0.4, 0.5) is 5.82 Å². The van der Waals surface area contributed by atoms with Crippen LogP contribution in [0, 0.1) is 5.92 Å². The summed E-state index contributed by atoms with van der Waals surface area (Å²) >= 11 is 1.74. The number of aliphatic hydroxyl groups excluding tert-OH is 3. The zero-order valence-electron chi connectivity index (χ0n) is 48.5. The maximum Gasteiger partial charge on any atom is 0.303 e. The fourth-order valence-corrected chi connectivity index (χ4v) is 11.9. The molecular weight excluding hydrogens is 995 g/mol. The number of rotatable bonds is 56. The number of hydrogen-bond acceptors (Lipinski definition) is 11. The van der Waals surface area contributed by atoms with Gasteiger partial charge in [-0.05, 0) is 43.8 Å². The number of carboxylic acids is 2. The van der Waals surface area contributed by atoms with Crippen molar-refractivity contribution in [2.75, 3.05) is 23.4 Å². The Morgan fingerprint density at radius 2 is 0.922 bits per heavy atom. The molecule has 1 saturated heterocycles. The van der Waals surface area contributed by atoms with Crippen molar-refractivity contribution in [1.82, 2.24) is 20.3 Å². The van der Waals surface area contributed by atoms with E-state index in [0.29, 0.717) is 24.5 Å². The molecular formula is C61H113N5O10S. The monoisotopic (exact) mass is 1110 g/mol. The van der Waals surface area contributed by atoms with Gasteiger partial charge in [-0.25, -0.2) is 4.68 Å². The van der Waals surface area contributed by atoms with E-state index in [1.165, 1.54) is 210 Å². The molecule has 1 unspecified atom stereocenters. The van der Waals surface area contributed by atoms with Gasteiger partial charge >= 0.3 is 11.9 Å². The Kier molecular flexibility index (Phi) is 44.8. The van der Waals surface area contributed by atoms with Gasteiger partial charge in [0.05, 0.1) is 12.8 Å². The van der Waals surface area contributed by atoms with Gasteiger partial charge in [0.15, 0.2) is 12.0 Å². The molecule has 2 rings (SSSR count). The number of nitrogens with zero attached hydrogens (tertiary/aromatic N) is 3. The van der Waals surface area contributed by atoms with Gasteiger partial charge in [0.2, 0.25) is 11.8 Å². The second kappa shape index (κ2) is 49.1. The van der Waals surface area contributed by atoms with Crippen LogP contribution in [0.25, 0.3) is 0 Å². The topological polar surface area (TPSA) is 233 Å². The van der Waals surface area contributed by atoms with Gasteiger partial charge in [-0.2, -0.15) is 11.8 Å². The molecule has 0 spiro atoms. The lowest BCUT2D eigenvalue weighted by atomic mass is 9.95. The third-order valence-electron chi connectivity index (χ3n) is 15.6. The van der Waals surface area contributed by atoms with Crippen LogP contribution in [0.3, 0.4) is 0 Å². The van der Waals surface area contributed by atoms with Crippen LogP contribution in [0.1, 0.15) is 302 Å². The van der Waals surface area contributed by atoms with Crippen LogP contribution in [0.2, 0.25) is 0 Å². The summed E-state index contributed by atoms with van der Waals surface area (Å²) in [7, 11) is 0. The Morgan fingerprint density at radius 1 is 0.545 bits per heavy atom. The smallest absolute Gasteiger partial charge is 0.303 e. The van der Waals surface area contributed by atoms with E-state index in [9.17, 15) is 34.5 Å². The van der Waals surface area contributed by atoms with Crippen LogP contribution >= 0.6 is 11.8 Å². The molecule has 1 aromatic heterocycles. The lowest BCUT2D eigenvalue weighted by Crippen LogP contribution is -2.45. The summed E-state index contributed by atoms with van der Waals surface area (Å²) in [6.07, 6.45) is 48.2. The first-order chi connectivity index (χ1) is 37.5. The highest BCUT2D eigenvalue weighted by atomic mass is 32.2. The number of amides is 2. The van der Waals surface area contributed by atoms with E-state index in [0.717, 1.165) is 76.4 Å². The van der Waals surface area contributed by atoms with E-state index in [1.807, 2.05) is 0 Å². The highest BCUT2D eigenvalue weighted by Gasteiger charge is 2.44. The average molecular weight is 1110 g/mol. The largest absolute Gasteiger partial charge is 0.481 e. The molecule has 448 valence electrons. The van der Waals surface area contributed by atoms with E-state index >= 15 is 0 Å². The first kappa shape index (κ1) is 70.3. The number of nitrogens with one attached hydrogen (secondary N) is 2. The molecule has 0 saturated carbocycles. The van der Waals surface area contributed by atoms with Crippen molar-refractivity contribution in [1.29, 1.82) is 0 Å². The Bertz CT molecular complexity index is 1590. The Balaban J connectivity index is 1.89. The molecule has 1 fully saturated rings. The minimum atomic E-state index is -1.34. The number of hydrogen-bond donors (Lipinski definition) is 7. The SMILES string of the molecule is CCCCCCCCCCCCCCCC(=O)N[C@H](CSC[C@H](CCCCCCCCCCCCCCCCC(=O)O)CCCCCCCCCCCCCCCC(=O)O)C(=O)Nc1cn([C@H]2OC(CO)[C@@H](O)[C@H]2O)nn1. The van der Waals surface area contributed by atoms with E-state index in [4.69, 9.17) is 14.9 Å². The number of carbonyl (C=O) groups is 4. The summed E-state index contributed by atoms with van der Waals surface area (Å²) < 4.78 is 6.82. The van der Waals surface area contributed by atoms with Gasteiger partial charge < -0.3 is 40.9 Å².